The Kier molecular flexibility index (Phi) is 3.31. The number of thioether (sulfide) groups is 1. The van der Waals surface area contributed by atoms with Crippen molar-refractivity contribution in [1.29, 1.82) is 0 Å². The van der Waals surface area contributed by atoms with Crippen molar-refractivity contribution in [2.45, 2.75) is 11.8 Å². The zero-order valence-electron chi connectivity index (χ0n) is 7.43. The number of amides is 1. The van der Waals surface area contributed by atoms with Crippen LogP contribution in [0.3, 0.4) is 0 Å². The molecule has 0 unspecified atom stereocenters. The summed E-state index contributed by atoms with van der Waals surface area (Å²) < 4.78 is 12.7. The molecule has 0 saturated heterocycles. The molecular formula is C9H10FNOS. The quantitative estimate of drug-likeness (QED) is 0.741. The fourth-order valence-corrected chi connectivity index (χ4v) is 1.53. The first-order valence-corrected chi connectivity index (χ1v) is 4.97. The molecule has 0 saturated carbocycles. The molecule has 0 aliphatic rings. The van der Waals surface area contributed by atoms with Crippen LogP contribution in [0.4, 0.5) is 10.1 Å². The Bertz CT molecular complexity index is 327. The van der Waals surface area contributed by atoms with Crippen LogP contribution in [0.1, 0.15) is 6.92 Å². The van der Waals surface area contributed by atoms with Gasteiger partial charge in [-0.1, -0.05) is 0 Å². The number of hydrogen-bond acceptors (Lipinski definition) is 2. The SMILES string of the molecule is CSc1cc(F)ccc1NC(C)=O. The minimum Gasteiger partial charge on any atom is -0.325 e. The summed E-state index contributed by atoms with van der Waals surface area (Å²) in [5, 5.41) is 2.63. The van der Waals surface area contributed by atoms with Gasteiger partial charge >= 0.3 is 0 Å². The van der Waals surface area contributed by atoms with Gasteiger partial charge in [0, 0.05) is 11.8 Å². The summed E-state index contributed by atoms with van der Waals surface area (Å²) in [6, 6.07) is 4.28. The van der Waals surface area contributed by atoms with Gasteiger partial charge in [-0.05, 0) is 24.5 Å². The van der Waals surface area contributed by atoms with Crippen molar-refractivity contribution in [2.24, 2.45) is 0 Å². The van der Waals surface area contributed by atoms with E-state index in [2.05, 4.69) is 5.32 Å². The van der Waals surface area contributed by atoms with E-state index in [1.807, 2.05) is 6.26 Å². The molecule has 1 amide bonds. The summed E-state index contributed by atoms with van der Waals surface area (Å²) in [5.41, 5.74) is 0.654. The Balaban J connectivity index is 2.99. The van der Waals surface area contributed by atoms with Crippen LogP contribution in [0, 0.1) is 5.82 Å². The zero-order valence-corrected chi connectivity index (χ0v) is 8.24. The lowest BCUT2D eigenvalue weighted by molar-refractivity contribution is -0.114. The van der Waals surface area contributed by atoms with Gasteiger partial charge in [-0.3, -0.25) is 4.79 Å². The number of halogens is 1. The van der Waals surface area contributed by atoms with Crippen molar-refractivity contribution in [3.05, 3.63) is 24.0 Å². The molecule has 4 heteroatoms. The van der Waals surface area contributed by atoms with Gasteiger partial charge in [-0.25, -0.2) is 4.39 Å². The van der Waals surface area contributed by atoms with Gasteiger partial charge in [0.15, 0.2) is 0 Å². The van der Waals surface area contributed by atoms with Crippen molar-refractivity contribution in [3.63, 3.8) is 0 Å². The molecule has 1 aromatic rings. The van der Waals surface area contributed by atoms with E-state index in [1.165, 1.54) is 30.8 Å². The predicted octanol–water partition coefficient (Wildman–Crippen LogP) is 2.51. The largest absolute Gasteiger partial charge is 0.325 e. The molecule has 70 valence electrons. The monoisotopic (exact) mass is 199 g/mol. The van der Waals surface area contributed by atoms with E-state index in [-0.39, 0.29) is 11.7 Å². The second-order valence-electron chi connectivity index (χ2n) is 2.53. The molecule has 1 N–H and O–H groups in total. The summed E-state index contributed by atoms with van der Waals surface area (Å²) >= 11 is 1.40. The van der Waals surface area contributed by atoms with Gasteiger partial charge in [-0.15, -0.1) is 11.8 Å². The third-order valence-corrected chi connectivity index (χ3v) is 2.25. The third kappa shape index (κ3) is 2.73. The maximum Gasteiger partial charge on any atom is 0.221 e. The standard InChI is InChI=1S/C9H10FNOS/c1-6(12)11-8-4-3-7(10)5-9(8)13-2/h3-5H,1-2H3,(H,11,12). The Morgan fingerprint density at radius 3 is 2.77 bits per heavy atom. The molecule has 0 aromatic heterocycles. The number of benzene rings is 1. The Hall–Kier alpha value is -1.03. The molecule has 0 heterocycles. The topological polar surface area (TPSA) is 29.1 Å². The first-order valence-electron chi connectivity index (χ1n) is 3.74. The van der Waals surface area contributed by atoms with Crippen molar-refractivity contribution in [3.8, 4) is 0 Å². The van der Waals surface area contributed by atoms with Crippen molar-refractivity contribution in [2.75, 3.05) is 11.6 Å². The zero-order chi connectivity index (χ0) is 9.84. The van der Waals surface area contributed by atoms with E-state index < -0.39 is 0 Å². The van der Waals surface area contributed by atoms with Crippen LogP contribution in [-0.2, 0) is 4.79 Å². The number of carbonyl (C=O) groups excluding carboxylic acids is 1. The molecule has 13 heavy (non-hydrogen) atoms. The van der Waals surface area contributed by atoms with Crippen LogP contribution in [-0.4, -0.2) is 12.2 Å². The van der Waals surface area contributed by atoms with E-state index in [0.717, 1.165) is 4.90 Å². The molecule has 0 spiro atoms. The smallest absolute Gasteiger partial charge is 0.221 e. The number of nitrogens with one attached hydrogen (secondary N) is 1. The highest BCUT2D eigenvalue weighted by atomic mass is 32.2. The number of anilines is 1. The minimum atomic E-state index is -0.293. The first-order chi connectivity index (χ1) is 6.13. The summed E-state index contributed by atoms with van der Waals surface area (Å²) in [7, 11) is 0. The van der Waals surface area contributed by atoms with Gasteiger partial charge in [0.1, 0.15) is 5.82 Å². The molecule has 1 aromatic carbocycles. The molecule has 0 aliphatic carbocycles. The van der Waals surface area contributed by atoms with Crippen molar-refractivity contribution >= 4 is 23.4 Å². The van der Waals surface area contributed by atoms with Crippen LogP contribution < -0.4 is 5.32 Å². The minimum absolute atomic E-state index is 0.151. The molecule has 0 radical (unpaired) electrons. The molecule has 0 fully saturated rings. The molecule has 0 atom stereocenters. The van der Waals surface area contributed by atoms with Gasteiger partial charge < -0.3 is 5.32 Å². The lowest BCUT2D eigenvalue weighted by Gasteiger charge is -2.06. The lowest BCUT2D eigenvalue weighted by Crippen LogP contribution is -2.06. The highest BCUT2D eigenvalue weighted by Crippen LogP contribution is 2.25. The Labute approximate surface area is 80.5 Å². The van der Waals surface area contributed by atoms with Crippen LogP contribution in [0.25, 0.3) is 0 Å². The van der Waals surface area contributed by atoms with E-state index in [0.29, 0.717) is 5.69 Å². The highest BCUT2D eigenvalue weighted by molar-refractivity contribution is 7.98. The summed E-state index contributed by atoms with van der Waals surface area (Å²) in [4.78, 5) is 11.5. The molecule has 0 bridgehead atoms. The highest BCUT2D eigenvalue weighted by Gasteiger charge is 2.03. The second-order valence-corrected chi connectivity index (χ2v) is 3.37. The Morgan fingerprint density at radius 1 is 1.54 bits per heavy atom. The average molecular weight is 199 g/mol. The molecular weight excluding hydrogens is 189 g/mol. The van der Waals surface area contributed by atoms with Crippen LogP contribution in [0.5, 0.6) is 0 Å². The number of hydrogen-bond donors (Lipinski definition) is 1. The predicted molar refractivity (Wildman–Crippen MR) is 52.5 cm³/mol. The maximum atomic E-state index is 12.7. The van der Waals surface area contributed by atoms with Crippen LogP contribution in [0.2, 0.25) is 0 Å². The van der Waals surface area contributed by atoms with Gasteiger partial charge in [-0.2, -0.15) is 0 Å². The van der Waals surface area contributed by atoms with Gasteiger partial charge in [0.2, 0.25) is 5.91 Å². The van der Waals surface area contributed by atoms with Crippen LogP contribution >= 0.6 is 11.8 Å². The summed E-state index contributed by atoms with van der Waals surface area (Å²) in [5.74, 6) is -0.444. The summed E-state index contributed by atoms with van der Waals surface area (Å²) in [6.45, 7) is 1.42. The van der Waals surface area contributed by atoms with Crippen molar-refractivity contribution < 1.29 is 9.18 Å². The van der Waals surface area contributed by atoms with Gasteiger partial charge in [0.05, 0.1) is 5.69 Å². The van der Waals surface area contributed by atoms with Gasteiger partial charge in [0.25, 0.3) is 0 Å². The molecule has 1 rings (SSSR count). The molecule has 0 aliphatic heterocycles. The second kappa shape index (κ2) is 4.28. The van der Waals surface area contributed by atoms with Crippen LogP contribution in [0.15, 0.2) is 23.1 Å². The molecule has 2 nitrogen and oxygen atoms in total. The first kappa shape index (κ1) is 10.1. The van der Waals surface area contributed by atoms with Crippen molar-refractivity contribution in [1.82, 2.24) is 0 Å². The third-order valence-electron chi connectivity index (χ3n) is 1.47. The number of rotatable bonds is 2. The maximum absolute atomic E-state index is 12.7. The lowest BCUT2D eigenvalue weighted by atomic mass is 10.3. The van der Waals surface area contributed by atoms with E-state index in [9.17, 15) is 9.18 Å². The number of carbonyl (C=O) groups is 1. The fourth-order valence-electron chi connectivity index (χ4n) is 0.958. The average Bonchev–Trinajstić information content (AvgIpc) is 2.07. The van der Waals surface area contributed by atoms with E-state index in [4.69, 9.17) is 0 Å². The normalized spacial score (nSPS) is 9.77. The Morgan fingerprint density at radius 2 is 2.23 bits per heavy atom. The van der Waals surface area contributed by atoms with E-state index >= 15 is 0 Å². The fraction of sp³-hybridized carbons (Fsp3) is 0.222. The van der Waals surface area contributed by atoms with E-state index in [1.54, 1.807) is 6.07 Å². The summed E-state index contributed by atoms with van der Waals surface area (Å²) in [6.07, 6.45) is 1.83.